The van der Waals surface area contributed by atoms with E-state index in [1.165, 1.54) is 10.8 Å². The van der Waals surface area contributed by atoms with Crippen LogP contribution in [0.25, 0.3) is 5.69 Å². The minimum atomic E-state index is -0.621. The highest BCUT2D eigenvalue weighted by Gasteiger charge is 2.25. The van der Waals surface area contributed by atoms with E-state index in [1.807, 2.05) is 64.1 Å². The van der Waals surface area contributed by atoms with Crippen LogP contribution in [0.5, 0.6) is 0 Å². The quantitative estimate of drug-likeness (QED) is 0.458. The molecule has 3 aromatic rings. The third-order valence-corrected chi connectivity index (χ3v) is 5.79. The van der Waals surface area contributed by atoms with Crippen LogP contribution in [-0.2, 0) is 9.53 Å². The Morgan fingerprint density at radius 2 is 1.86 bits per heavy atom. The van der Waals surface area contributed by atoms with Crippen molar-refractivity contribution in [3.63, 3.8) is 0 Å². The summed E-state index contributed by atoms with van der Waals surface area (Å²) in [5.41, 5.74) is 1.75. The summed E-state index contributed by atoms with van der Waals surface area (Å²) in [5.74, 6) is -0.437. The molecule has 0 aliphatic heterocycles. The first-order valence-electron chi connectivity index (χ1n) is 12.1. The van der Waals surface area contributed by atoms with Gasteiger partial charge < -0.3 is 15.4 Å². The lowest BCUT2D eigenvalue weighted by atomic mass is 10.0. The lowest BCUT2D eigenvalue weighted by Gasteiger charge is -2.23. The van der Waals surface area contributed by atoms with Gasteiger partial charge in [0.1, 0.15) is 5.60 Å². The fourth-order valence-electron chi connectivity index (χ4n) is 3.86. The fourth-order valence-corrected chi connectivity index (χ4v) is 3.86. The van der Waals surface area contributed by atoms with Crippen LogP contribution in [0.3, 0.4) is 0 Å². The summed E-state index contributed by atoms with van der Waals surface area (Å²) >= 11 is 0. The van der Waals surface area contributed by atoms with Crippen LogP contribution in [0.15, 0.2) is 65.7 Å². The molecular weight excluding hydrogens is 456 g/mol. The summed E-state index contributed by atoms with van der Waals surface area (Å²) in [4.78, 5) is 43.0. The largest absolute Gasteiger partial charge is 0.460 e. The number of carbonyl (C=O) groups excluding carboxylic acids is 2. The van der Waals surface area contributed by atoms with Gasteiger partial charge in [0.2, 0.25) is 0 Å². The second-order valence-electron chi connectivity index (χ2n) is 10.1. The van der Waals surface area contributed by atoms with E-state index in [0.717, 1.165) is 24.0 Å². The zero-order valence-corrected chi connectivity index (χ0v) is 21.1. The number of benzene rings is 2. The van der Waals surface area contributed by atoms with Gasteiger partial charge in [-0.15, -0.1) is 0 Å². The van der Waals surface area contributed by atoms with Gasteiger partial charge in [0.15, 0.2) is 5.82 Å². The van der Waals surface area contributed by atoms with Crippen LogP contribution in [0.1, 0.15) is 67.6 Å². The molecular formula is C28H32N4O4. The van der Waals surface area contributed by atoms with Gasteiger partial charge in [0.05, 0.1) is 18.2 Å². The molecule has 0 radical (unpaired) electrons. The molecule has 0 saturated heterocycles. The summed E-state index contributed by atoms with van der Waals surface area (Å²) in [6, 6.07) is 14.4. The Bertz CT molecular complexity index is 1310. The zero-order chi connectivity index (χ0) is 25.9. The minimum absolute atomic E-state index is 0.0210. The molecule has 1 aliphatic carbocycles. The van der Waals surface area contributed by atoms with Gasteiger partial charge in [0, 0.05) is 24.0 Å². The molecule has 36 heavy (non-hydrogen) atoms. The normalized spacial score (nSPS) is 14.1. The second kappa shape index (κ2) is 10.4. The molecule has 1 aromatic heterocycles. The van der Waals surface area contributed by atoms with Crippen LogP contribution >= 0.6 is 0 Å². The van der Waals surface area contributed by atoms with Crippen LogP contribution in [-0.4, -0.2) is 33.1 Å². The van der Waals surface area contributed by atoms with Crippen molar-refractivity contribution in [2.24, 2.45) is 0 Å². The van der Waals surface area contributed by atoms with E-state index in [-0.39, 0.29) is 35.7 Å². The average molecular weight is 489 g/mol. The smallest absolute Gasteiger partial charge is 0.308 e. The maximum absolute atomic E-state index is 13.5. The summed E-state index contributed by atoms with van der Waals surface area (Å²) in [6.07, 6.45) is 5.11. The molecule has 188 valence electrons. The Labute approximate surface area is 210 Å². The zero-order valence-electron chi connectivity index (χ0n) is 21.1. The van der Waals surface area contributed by atoms with Crippen LogP contribution in [0.4, 0.5) is 5.82 Å². The number of ether oxygens (including phenoxy) is 1. The third kappa shape index (κ3) is 6.38. The van der Waals surface area contributed by atoms with Crippen LogP contribution < -0.4 is 16.2 Å². The molecule has 1 saturated carbocycles. The van der Waals surface area contributed by atoms with Crippen molar-refractivity contribution in [1.29, 1.82) is 0 Å². The van der Waals surface area contributed by atoms with Gasteiger partial charge in [-0.25, -0.2) is 4.98 Å². The molecule has 1 aliphatic rings. The Kier molecular flexibility index (Phi) is 7.24. The highest BCUT2D eigenvalue weighted by atomic mass is 16.6. The van der Waals surface area contributed by atoms with E-state index < -0.39 is 11.6 Å². The van der Waals surface area contributed by atoms with E-state index in [9.17, 15) is 14.4 Å². The van der Waals surface area contributed by atoms with Gasteiger partial charge in [0.25, 0.3) is 11.5 Å². The maximum atomic E-state index is 13.5. The summed E-state index contributed by atoms with van der Waals surface area (Å²) in [5, 5.41) is 6.14. The number of nitrogens with zero attached hydrogens (tertiary/aromatic N) is 2. The number of aryl methyl sites for hydroxylation is 1. The minimum Gasteiger partial charge on any atom is -0.460 e. The molecule has 4 rings (SSSR count). The number of aromatic nitrogens is 2. The Hall–Kier alpha value is -3.94. The fraction of sp³-hybridized carbons (Fsp3) is 0.357. The van der Waals surface area contributed by atoms with Gasteiger partial charge in [-0.05, 0) is 63.8 Å². The van der Waals surface area contributed by atoms with Crippen LogP contribution in [0, 0.1) is 6.92 Å². The molecule has 1 atom stereocenters. The number of rotatable bonds is 8. The number of carbonyl (C=O) groups is 2. The predicted octanol–water partition coefficient (Wildman–Crippen LogP) is 4.32. The van der Waals surface area contributed by atoms with Crippen LogP contribution in [0.2, 0.25) is 0 Å². The number of anilines is 1. The van der Waals surface area contributed by atoms with Crippen molar-refractivity contribution in [3.05, 3.63) is 88.0 Å². The van der Waals surface area contributed by atoms with Crippen molar-refractivity contribution < 1.29 is 14.3 Å². The first-order valence-corrected chi connectivity index (χ1v) is 12.1. The van der Waals surface area contributed by atoms with E-state index >= 15 is 0 Å². The topological polar surface area (TPSA) is 102 Å². The standard InChI is InChI=1S/C28H32N4O4/c1-18-10-11-20(26(34)30-21-12-13-21)16-23(18)32-15-14-29-25(27(32)35)31-22(19-8-6-5-7-9-19)17-24(33)36-28(2,3)4/h5-11,14-16,21-22H,12-13,17H2,1-4H3,(H,29,31)(H,30,34). The molecule has 1 heterocycles. The first-order chi connectivity index (χ1) is 17.1. The maximum Gasteiger partial charge on any atom is 0.308 e. The van der Waals surface area contributed by atoms with Crippen molar-refractivity contribution in [2.45, 2.75) is 64.6 Å². The van der Waals surface area contributed by atoms with Gasteiger partial charge in [-0.3, -0.25) is 19.0 Å². The number of nitrogens with one attached hydrogen (secondary N) is 2. The Morgan fingerprint density at radius 1 is 1.14 bits per heavy atom. The Morgan fingerprint density at radius 3 is 2.53 bits per heavy atom. The number of amides is 1. The molecule has 1 amide bonds. The molecule has 1 fully saturated rings. The third-order valence-electron chi connectivity index (χ3n) is 5.79. The lowest BCUT2D eigenvalue weighted by Crippen LogP contribution is -2.29. The highest BCUT2D eigenvalue weighted by Crippen LogP contribution is 2.24. The Balaban J connectivity index is 1.64. The first kappa shape index (κ1) is 25.2. The highest BCUT2D eigenvalue weighted by molar-refractivity contribution is 5.95. The average Bonchev–Trinajstić information content (AvgIpc) is 3.64. The number of hydrogen-bond acceptors (Lipinski definition) is 6. The monoisotopic (exact) mass is 488 g/mol. The van der Waals surface area contributed by atoms with Crippen molar-refractivity contribution in [1.82, 2.24) is 14.9 Å². The van der Waals surface area contributed by atoms with E-state index in [1.54, 1.807) is 18.3 Å². The summed E-state index contributed by atoms with van der Waals surface area (Å²) < 4.78 is 6.98. The molecule has 2 N–H and O–H groups in total. The SMILES string of the molecule is Cc1ccc(C(=O)NC2CC2)cc1-n1ccnc(NC(CC(=O)OC(C)(C)C)c2ccccc2)c1=O. The summed E-state index contributed by atoms with van der Waals surface area (Å²) in [6.45, 7) is 7.32. The van der Waals surface area contributed by atoms with Crippen molar-refractivity contribution >= 4 is 17.7 Å². The molecule has 0 bridgehead atoms. The molecule has 8 heteroatoms. The van der Waals surface area contributed by atoms with E-state index in [4.69, 9.17) is 4.74 Å². The van der Waals surface area contributed by atoms with Gasteiger partial charge >= 0.3 is 5.97 Å². The second-order valence-corrected chi connectivity index (χ2v) is 10.1. The number of esters is 1. The van der Waals surface area contributed by atoms with Gasteiger partial charge in [-0.1, -0.05) is 36.4 Å². The van der Waals surface area contributed by atoms with Crippen molar-refractivity contribution in [2.75, 3.05) is 5.32 Å². The van der Waals surface area contributed by atoms with Gasteiger partial charge in [-0.2, -0.15) is 0 Å². The lowest BCUT2D eigenvalue weighted by molar-refractivity contribution is -0.155. The molecule has 2 aromatic carbocycles. The van der Waals surface area contributed by atoms with E-state index in [0.29, 0.717) is 11.3 Å². The molecule has 8 nitrogen and oxygen atoms in total. The molecule has 0 spiro atoms. The predicted molar refractivity (Wildman–Crippen MR) is 138 cm³/mol. The summed E-state index contributed by atoms with van der Waals surface area (Å²) in [7, 11) is 0. The number of hydrogen-bond donors (Lipinski definition) is 2. The van der Waals surface area contributed by atoms with Crippen molar-refractivity contribution in [3.8, 4) is 5.69 Å². The molecule has 1 unspecified atom stereocenters. The van der Waals surface area contributed by atoms with E-state index in [2.05, 4.69) is 15.6 Å².